The molecule has 2 aromatic carbocycles. The maximum absolute atomic E-state index is 13.2. The number of amides is 2. The normalized spacial score (nSPS) is 12.3. The Balaban J connectivity index is 1.66. The molecule has 0 aliphatic heterocycles. The van der Waals surface area contributed by atoms with Crippen molar-refractivity contribution in [1.29, 1.82) is 0 Å². The van der Waals surface area contributed by atoms with Crippen LogP contribution in [0, 0.1) is 5.92 Å². The number of Topliss-reactive ketones (excluding diaryl/α,β-unsaturated/α-hetero) is 1. The van der Waals surface area contributed by atoms with Gasteiger partial charge in [0.2, 0.25) is 11.8 Å². The molecule has 0 radical (unpaired) electrons. The SMILES string of the molecule is COc1ccc(-c2ccccn2)cc1CC(=O)N[C@H](C(=O)NC(CC(=O)O)C(=O)CSCc1ccccc1)C(C)C. The zero-order chi connectivity index (χ0) is 29.8. The van der Waals surface area contributed by atoms with E-state index in [0.29, 0.717) is 17.1 Å². The van der Waals surface area contributed by atoms with E-state index < -0.39 is 42.1 Å². The summed E-state index contributed by atoms with van der Waals surface area (Å²) in [5.74, 6) is -1.83. The van der Waals surface area contributed by atoms with Crippen LogP contribution in [0.4, 0.5) is 0 Å². The molecule has 0 aliphatic carbocycles. The van der Waals surface area contributed by atoms with Crippen molar-refractivity contribution in [3.8, 4) is 17.0 Å². The molecule has 1 aromatic heterocycles. The first-order chi connectivity index (χ1) is 19.7. The van der Waals surface area contributed by atoms with Gasteiger partial charge in [-0.05, 0) is 41.8 Å². The van der Waals surface area contributed by atoms with E-state index in [-0.39, 0.29) is 18.1 Å². The van der Waals surface area contributed by atoms with E-state index in [2.05, 4.69) is 15.6 Å². The minimum atomic E-state index is -1.21. The van der Waals surface area contributed by atoms with Crippen LogP contribution in [0.3, 0.4) is 0 Å². The van der Waals surface area contributed by atoms with Gasteiger partial charge in [-0.1, -0.05) is 50.2 Å². The number of carbonyl (C=O) groups excluding carboxylic acids is 3. The van der Waals surface area contributed by atoms with Crippen LogP contribution in [0.1, 0.15) is 31.4 Å². The summed E-state index contributed by atoms with van der Waals surface area (Å²) in [5, 5.41) is 14.7. The Morgan fingerprint density at radius 1 is 0.976 bits per heavy atom. The third-order valence-corrected chi connectivity index (χ3v) is 7.32. The molecule has 1 unspecified atom stereocenters. The molecule has 3 rings (SSSR count). The summed E-state index contributed by atoms with van der Waals surface area (Å²) in [7, 11) is 1.51. The molecular formula is C31H35N3O6S. The smallest absolute Gasteiger partial charge is 0.305 e. The van der Waals surface area contributed by atoms with Gasteiger partial charge in [0.15, 0.2) is 5.78 Å². The molecule has 9 nitrogen and oxygen atoms in total. The third kappa shape index (κ3) is 9.75. The van der Waals surface area contributed by atoms with Gasteiger partial charge in [0, 0.05) is 23.1 Å². The quantitative estimate of drug-likeness (QED) is 0.248. The molecule has 0 saturated carbocycles. The summed E-state index contributed by atoms with van der Waals surface area (Å²) < 4.78 is 5.44. The molecule has 216 valence electrons. The van der Waals surface area contributed by atoms with Crippen LogP contribution in [0.2, 0.25) is 0 Å². The molecule has 0 spiro atoms. The van der Waals surface area contributed by atoms with Crippen molar-refractivity contribution in [2.75, 3.05) is 12.9 Å². The second-order valence-corrected chi connectivity index (χ2v) is 10.8. The Morgan fingerprint density at radius 3 is 2.34 bits per heavy atom. The lowest BCUT2D eigenvalue weighted by atomic mass is 10.0. The van der Waals surface area contributed by atoms with Crippen LogP contribution in [-0.2, 0) is 31.4 Å². The minimum absolute atomic E-state index is 0.0399. The number of pyridine rings is 1. The fourth-order valence-electron chi connectivity index (χ4n) is 4.17. The van der Waals surface area contributed by atoms with Crippen molar-refractivity contribution in [3.05, 3.63) is 84.1 Å². The van der Waals surface area contributed by atoms with Crippen molar-refractivity contribution >= 4 is 35.3 Å². The number of aromatic nitrogens is 1. The van der Waals surface area contributed by atoms with Crippen molar-refractivity contribution in [1.82, 2.24) is 15.6 Å². The largest absolute Gasteiger partial charge is 0.496 e. The van der Waals surface area contributed by atoms with E-state index in [9.17, 15) is 24.3 Å². The maximum atomic E-state index is 13.2. The van der Waals surface area contributed by atoms with E-state index in [0.717, 1.165) is 16.8 Å². The second-order valence-electron chi connectivity index (χ2n) is 9.81. The highest BCUT2D eigenvalue weighted by molar-refractivity contribution is 7.99. The number of nitrogens with zero attached hydrogens (tertiary/aromatic N) is 1. The minimum Gasteiger partial charge on any atom is -0.496 e. The van der Waals surface area contributed by atoms with Gasteiger partial charge in [-0.15, -0.1) is 11.8 Å². The highest BCUT2D eigenvalue weighted by atomic mass is 32.2. The molecule has 1 heterocycles. The molecule has 10 heteroatoms. The van der Waals surface area contributed by atoms with Gasteiger partial charge in [-0.25, -0.2) is 0 Å². The molecule has 3 N–H and O–H groups in total. The number of aliphatic carboxylic acids is 1. The van der Waals surface area contributed by atoms with Gasteiger partial charge in [-0.2, -0.15) is 0 Å². The molecule has 41 heavy (non-hydrogen) atoms. The zero-order valence-electron chi connectivity index (χ0n) is 23.3. The molecule has 2 amide bonds. The van der Waals surface area contributed by atoms with Crippen molar-refractivity contribution < 1.29 is 29.0 Å². The zero-order valence-corrected chi connectivity index (χ0v) is 24.1. The number of carbonyl (C=O) groups is 4. The molecular weight excluding hydrogens is 542 g/mol. The third-order valence-electron chi connectivity index (χ3n) is 6.30. The standard InChI is InChI=1S/C31H35N3O6S/c1-20(2)30(31(39)33-25(17-29(37)38)26(35)19-41-18-21-9-5-4-6-10-21)34-28(36)16-23-15-22(12-13-27(23)40-3)24-11-7-8-14-32-24/h4-15,20,25,30H,16-19H2,1-3H3,(H,33,39)(H,34,36)(H,37,38)/t25?,30-/m0/s1. The van der Waals surface area contributed by atoms with E-state index in [1.54, 1.807) is 26.1 Å². The lowest BCUT2D eigenvalue weighted by Crippen LogP contribution is -2.54. The Bertz CT molecular complexity index is 1330. The highest BCUT2D eigenvalue weighted by Crippen LogP contribution is 2.26. The Morgan fingerprint density at radius 2 is 1.71 bits per heavy atom. The maximum Gasteiger partial charge on any atom is 0.305 e. The number of hydrogen-bond acceptors (Lipinski definition) is 7. The van der Waals surface area contributed by atoms with Gasteiger partial charge < -0.3 is 20.5 Å². The second kappa shape index (κ2) is 15.6. The van der Waals surface area contributed by atoms with Crippen LogP contribution >= 0.6 is 11.8 Å². The summed E-state index contributed by atoms with van der Waals surface area (Å²) in [6, 6.07) is 18.4. The van der Waals surface area contributed by atoms with Crippen LogP contribution in [0.25, 0.3) is 11.3 Å². The number of hydrogen-bond donors (Lipinski definition) is 3. The van der Waals surface area contributed by atoms with Gasteiger partial charge in [0.25, 0.3) is 0 Å². The van der Waals surface area contributed by atoms with Crippen molar-refractivity contribution in [3.63, 3.8) is 0 Å². The summed E-state index contributed by atoms with van der Waals surface area (Å²) in [4.78, 5) is 55.0. The number of ether oxygens (including phenoxy) is 1. The van der Waals surface area contributed by atoms with Gasteiger partial charge in [-0.3, -0.25) is 24.2 Å². The van der Waals surface area contributed by atoms with Crippen LogP contribution < -0.4 is 15.4 Å². The summed E-state index contributed by atoms with van der Waals surface area (Å²) in [6.07, 6.45) is 1.07. The molecule has 3 aromatic rings. The first-order valence-corrected chi connectivity index (χ1v) is 14.4. The van der Waals surface area contributed by atoms with Crippen LogP contribution in [0.5, 0.6) is 5.75 Å². The fraction of sp³-hybridized carbons (Fsp3) is 0.323. The summed E-state index contributed by atoms with van der Waals surface area (Å²) in [5.41, 5.74) is 3.21. The van der Waals surface area contributed by atoms with Crippen LogP contribution in [0.15, 0.2) is 72.9 Å². The fourth-order valence-corrected chi connectivity index (χ4v) is 5.10. The molecule has 0 saturated heterocycles. The van der Waals surface area contributed by atoms with Gasteiger partial charge in [0.1, 0.15) is 11.8 Å². The van der Waals surface area contributed by atoms with Gasteiger partial charge in [0.05, 0.1) is 37.4 Å². The predicted octanol–water partition coefficient (Wildman–Crippen LogP) is 3.90. The summed E-state index contributed by atoms with van der Waals surface area (Å²) in [6.45, 7) is 3.52. The predicted molar refractivity (Wildman–Crippen MR) is 158 cm³/mol. The van der Waals surface area contributed by atoms with E-state index in [1.807, 2.05) is 60.7 Å². The first kappa shape index (κ1) is 31.3. The lowest BCUT2D eigenvalue weighted by Gasteiger charge is -2.25. The lowest BCUT2D eigenvalue weighted by molar-refractivity contribution is -0.140. The number of rotatable bonds is 15. The Hall–Kier alpha value is -4.18. The van der Waals surface area contributed by atoms with Crippen molar-refractivity contribution in [2.45, 2.75) is 44.5 Å². The van der Waals surface area contributed by atoms with Crippen molar-refractivity contribution in [2.24, 2.45) is 5.92 Å². The molecule has 0 fully saturated rings. The topological polar surface area (TPSA) is 135 Å². The summed E-state index contributed by atoms with van der Waals surface area (Å²) >= 11 is 1.35. The number of ketones is 1. The number of thioether (sulfide) groups is 1. The average Bonchev–Trinajstić information content (AvgIpc) is 2.96. The monoisotopic (exact) mass is 577 g/mol. The van der Waals surface area contributed by atoms with E-state index in [4.69, 9.17) is 4.74 Å². The molecule has 2 atom stereocenters. The highest BCUT2D eigenvalue weighted by Gasteiger charge is 2.30. The number of methoxy groups -OCH3 is 1. The number of nitrogens with one attached hydrogen (secondary N) is 2. The van der Waals surface area contributed by atoms with Crippen LogP contribution in [-0.4, -0.2) is 58.6 Å². The Labute approximate surface area is 244 Å². The van der Waals surface area contributed by atoms with E-state index >= 15 is 0 Å². The first-order valence-electron chi connectivity index (χ1n) is 13.2. The number of carboxylic acids is 1. The average molecular weight is 578 g/mol. The number of carboxylic acid groups (broad SMARTS) is 1. The molecule has 0 bridgehead atoms. The Kier molecular flexibility index (Phi) is 11.9. The molecule has 0 aliphatic rings. The van der Waals surface area contributed by atoms with Gasteiger partial charge >= 0.3 is 5.97 Å². The van der Waals surface area contributed by atoms with E-state index in [1.165, 1.54) is 18.9 Å². The number of benzene rings is 2.